The molecule has 0 radical (unpaired) electrons. The maximum atomic E-state index is 10.5. The van der Waals surface area contributed by atoms with Gasteiger partial charge in [-0.2, -0.15) is 0 Å². The van der Waals surface area contributed by atoms with Gasteiger partial charge >= 0.3 is 0 Å². The lowest BCUT2D eigenvalue weighted by atomic mass is 9.89. The molecular formula is C18H20O6. The Kier molecular flexibility index (Phi) is 4.29. The van der Waals surface area contributed by atoms with Crippen LogP contribution >= 0.6 is 0 Å². The Hall–Kier alpha value is -2.76. The Labute approximate surface area is 140 Å². The Morgan fingerprint density at radius 1 is 1.00 bits per heavy atom. The van der Waals surface area contributed by atoms with E-state index in [1.165, 1.54) is 20.3 Å². The Morgan fingerprint density at radius 3 is 2.42 bits per heavy atom. The summed E-state index contributed by atoms with van der Waals surface area (Å²) in [6, 6.07) is 7.16. The largest absolute Gasteiger partial charge is 0.504 e. The van der Waals surface area contributed by atoms with Gasteiger partial charge in [-0.15, -0.1) is 0 Å². The number of phenolic OH excluding ortho intramolecular Hbond substituents is 2. The van der Waals surface area contributed by atoms with E-state index < -0.39 is 0 Å². The molecule has 0 aliphatic carbocycles. The van der Waals surface area contributed by atoms with Crippen molar-refractivity contribution in [2.45, 2.75) is 12.3 Å². The number of rotatable bonds is 4. The van der Waals surface area contributed by atoms with Crippen molar-refractivity contribution >= 4 is 0 Å². The zero-order valence-electron chi connectivity index (χ0n) is 13.8. The highest BCUT2D eigenvalue weighted by Gasteiger charge is 2.28. The molecule has 128 valence electrons. The van der Waals surface area contributed by atoms with E-state index in [9.17, 15) is 10.2 Å². The molecule has 2 N–H and O–H groups in total. The number of methoxy groups -OCH3 is 3. The minimum atomic E-state index is -0.114. The maximum Gasteiger partial charge on any atom is 0.207 e. The van der Waals surface area contributed by atoms with E-state index in [1.54, 1.807) is 7.11 Å². The topological polar surface area (TPSA) is 77.4 Å². The van der Waals surface area contributed by atoms with Gasteiger partial charge in [0.15, 0.2) is 11.5 Å². The molecule has 0 bridgehead atoms. The SMILES string of the molecule is COc1ccc2c(c1)OC[C@@H](c1cc(O)c(OC)c(OC)c1O)C2. The first-order valence-electron chi connectivity index (χ1n) is 7.55. The van der Waals surface area contributed by atoms with Crippen molar-refractivity contribution in [1.82, 2.24) is 0 Å². The minimum Gasteiger partial charge on any atom is -0.504 e. The molecule has 2 aromatic carbocycles. The normalized spacial score (nSPS) is 16.0. The summed E-state index contributed by atoms with van der Waals surface area (Å²) in [4.78, 5) is 0. The molecule has 1 aliphatic rings. The highest BCUT2D eigenvalue weighted by Crippen LogP contribution is 2.49. The summed E-state index contributed by atoms with van der Waals surface area (Å²) in [5.41, 5.74) is 1.58. The summed E-state index contributed by atoms with van der Waals surface area (Å²) in [7, 11) is 4.43. The van der Waals surface area contributed by atoms with Crippen molar-refractivity contribution in [2.24, 2.45) is 0 Å². The number of aromatic hydroxyl groups is 2. The third-order valence-corrected chi connectivity index (χ3v) is 4.25. The summed E-state index contributed by atoms with van der Waals surface area (Å²) < 4.78 is 21.3. The number of benzene rings is 2. The summed E-state index contributed by atoms with van der Waals surface area (Å²) in [5.74, 6) is 1.50. The fourth-order valence-corrected chi connectivity index (χ4v) is 3.01. The molecule has 24 heavy (non-hydrogen) atoms. The molecular weight excluding hydrogens is 312 g/mol. The molecule has 6 heteroatoms. The molecule has 0 unspecified atom stereocenters. The Bertz CT molecular complexity index is 756. The lowest BCUT2D eigenvalue weighted by Gasteiger charge is -2.27. The molecule has 0 saturated carbocycles. The van der Waals surface area contributed by atoms with Crippen LogP contribution in [-0.4, -0.2) is 38.1 Å². The van der Waals surface area contributed by atoms with E-state index in [-0.39, 0.29) is 28.9 Å². The number of ether oxygens (including phenoxy) is 4. The van der Waals surface area contributed by atoms with E-state index in [1.807, 2.05) is 18.2 Å². The van der Waals surface area contributed by atoms with Crippen LogP contribution in [0.4, 0.5) is 0 Å². The fourth-order valence-electron chi connectivity index (χ4n) is 3.01. The van der Waals surface area contributed by atoms with Crippen LogP contribution in [-0.2, 0) is 6.42 Å². The molecule has 1 atom stereocenters. The van der Waals surface area contributed by atoms with Crippen molar-refractivity contribution in [1.29, 1.82) is 0 Å². The van der Waals surface area contributed by atoms with E-state index in [0.29, 0.717) is 18.6 Å². The lowest BCUT2D eigenvalue weighted by molar-refractivity contribution is 0.255. The van der Waals surface area contributed by atoms with Crippen LogP contribution in [0.3, 0.4) is 0 Å². The minimum absolute atomic E-state index is 0.0438. The van der Waals surface area contributed by atoms with Crippen LogP contribution in [0.25, 0.3) is 0 Å². The van der Waals surface area contributed by atoms with E-state index in [0.717, 1.165) is 17.1 Å². The molecule has 0 aromatic heterocycles. The van der Waals surface area contributed by atoms with Crippen LogP contribution in [0.2, 0.25) is 0 Å². The first-order valence-corrected chi connectivity index (χ1v) is 7.55. The maximum absolute atomic E-state index is 10.5. The van der Waals surface area contributed by atoms with Gasteiger partial charge in [0.2, 0.25) is 11.5 Å². The zero-order chi connectivity index (χ0) is 17.3. The monoisotopic (exact) mass is 332 g/mol. The Morgan fingerprint density at radius 2 is 1.75 bits per heavy atom. The average molecular weight is 332 g/mol. The lowest BCUT2D eigenvalue weighted by Crippen LogP contribution is -2.19. The van der Waals surface area contributed by atoms with Gasteiger partial charge in [0, 0.05) is 17.5 Å². The van der Waals surface area contributed by atoms with Crippen molar-refractivity contribution in [3.63, 3.8) is 0 Å². The van der Waals surface area contributed by atoms with E-state index >= 15 is 0 Å². The second-order valence-electron chi connectivity index (χ2n) is 5.59. The van der Waals surface area contributed by atoms with Gasteiger partial charge in [-0.3, -0.25) is 0 Å². The van der Waals surface area contributed by atoms with Gasteiger partial charge < -0.3 is 29.2 Å². The second-order valence-corrected chi connectivity index (χ2v) is 5.59. The van der Waals surface area contributed by atoms with Crippen LogP contribution in [0.5, 0.6) is 34.5 Å². The van der Waals surface area contributed by atoms with Gasteiger partial charge in [0.1, 0.15) is 11.5 Å². The third kappa shape index (κ3) is 2.64. The summed E-state index contributed by atoms with van der Waals surface area (Å²) in [5, 5.41) is 20.7. The molecule has 0 amide bonds. The highest BCUT2D eigenvalue weighted by atomic mass is 16.5. The fraction of sp³-hybridized carbons (Fsp3) is 0.333. The first kappa shape index (κ1) is 16.1. The third-order valence-electron chi connectivity index (χ3n) is 4.25. The van der Waals surface area contributed by atoms with Crippen molar-refractivity contribution < 1.29 is 29.2 Å². The molecule has 0 spiro atoms. The van der Waals surface area contributed by atoms with Crippen LogP contribution < -0.4 is 18.9 Å². The van der Waals surface area contributed by atoms with Gasteiger partial charge in [0.05, 0.1) is 27.9 Å². The second kappa shape index (κ2) is 6.39. The smallest absolute Gasteiger partial charge is 0.207 e. The zero-order valence-corrected chi connectivity index (χ0v) is 13.8. The van der Waals surface area contributed by atoms with Crippen molar-refractivity contribution in [2.75, 3.05) is 27.9 Å². The van der Waals surface area contributed by atoms with Crippen molar-refractivity contribution in [3.05, 3.63) is 35.4 Å². The van der Waals surface area contributed by atoms with Gasteiger partial charge in [-0.25, -0.2) is 0 Å². The van der Waals surface area contributed by atoms with E-state index in [2.05, 4.69) is 0 Å². The molecule has 6 nitrogen and oxygen atoms in total. The summed E-state index contributed by atoms with van der Waals surface area (Å²) in [6.45, 7) is 0.378. The van der Waals surface area contributed by atoms with Gasteiger partial charge in [-0.05, 0) is 24.1 Å². The molecule has 1 heterocycles. The van der Waals surface area contributed by atoms with Gasteiger partial charge in [0.25, 0.3) is 0 Å². The van der Waals surface area contributed by atoms with Gasteiger partial charge in [-0.1, -0.05) is 6.07 Å². The average Bonchev–Trinajstić information content (AvgIpc) is 2.61. The molecule has 3 rings (SSSR count). The van der Waals surface area contributed by atoms with Crippen LogP contribution in [0, 0.1) is 0 Å². The molecule has 2 aromatic rings. The predicted octanol–water partition coefficient (Wildman–Crippen LogP) is 2.84. The number of hydrogen-bond acceptors (Lipinski definition) is 6. The highest BCUT2D eigenvalue weighted by molar-refractivity contribution is 5.63. The van der Waals surface area contributed by atoms with Crippen molar-refractivity contribution in [3.8, 4) is 34.5 Å². The number of phenols is 2. The van der Waals surface area contributed by atoms with Crippen LogP contribution in [0.1, 0.15) is 17.0 Å². The van der Waals surface area contributed by atoms with E-state index in [4.69, 9.17) is 18.9 Å². The standard InChI is InChI=1S/C18H20O6/c1-21-12-5-4-10-6-11(9-24-15(10)7-12)13-8-14(19)17(22-2)18(23-3)16(13)20/h4-5,7-8,11,19-20H,6,9H2,1-3H3/t11-/m0/s1. The quantitative estimate of drug-likeness (QED) is 0.839. The molecule has 0 fully saturated rings. The molecule has 1 aliphatic heterocycles. The first-order chi connectivity index (χ1) is 11.6. The summed E-state index contributed by atoms with van der Waals surface area (Å²) in [6.07, 6.45) is 0.668. The molecule has 0 saturated heterocycles. The van der Waals surface area contributed by atoms with Crippen LogP contribution in [0.15, 0.2) is 24.3 Å². The number of fused-ring (bicyclic) bond motifs is 1. The Balaban J connectivity index is 1.97. The predicted molar refractivity (Wildman–Crippen MR) is 87.8 cm³/mol. The number of hydrogen-bond donors (Lipinski definition) is 2. The summed E-state index contributed by atoms with van der Waals surface area (Å²) >= 11 is 0.